The van der Waals surface area contributed by atoms with Crippen LogP contribution in [0.5, 0.6) is 0 Å². The molecule has 4 heteroatoms. The molecule has 0 saturated carbocycles. The second-order valence-corrected chi connectivity index (χ2v) is 5.03. The summed E-state index contributed by atoms with van der Waals surface area (Å²) in [6, 6.07) is 4.54. The number of carboxylic acid groups (broad SMARTS) is 1. The number of carbonyl (C=O) groups is 1. The molecule has 0 radical (unpaired) electrons. The van der Waals surface area contributed by atoms with Gasteiger partial charge in [0.1, 0.15) is 11.4 Å². The van der Waals surface area contributed by atoms with Crippen molar-refractivity contribution in [2.75, 3.05) is 5.32 Å². The van der Waals surface area contributed by atoms with Crippen molar-refractivity contribution in [1.82, 2.24) is 0 Å². The van der Waals surface area contributed by atoms with E-state index in [4.69, 9.17) is 0 Å². The normalized spacial score (nSPS) is 11.4. The van der Waals surface area contributed by atoms with E-state index in [9.17, 15) is 14.3 Å². The van der Waals surface area contributed by atoms with Crippen LogP contribution in [0.1, 0.15) is 45.1 Å². The number of hydrogen-bond donors (Lipinski definition) is 2. The third-order valence-electron chi connectivity index (χ3n) is 3.19. The van der Waals surface area contributed by atoms with Crippen molar-refractivity contribution in [2.24, 2.45) is 0 Å². The Labute approximate surface area is 113 Å². The van der Waals surface area contributed by atoms with Crippen LogP contribution in [-0.4, -0.2) is 16.6 Å². The minimum Gasteiger partial charge on any atom is -0.480 e. The Hall–Kier alpha value is -1.58. The zero-order valence-corrected chi connectivity index (χ0v) is 11.8. The van der Waals surface area contributed by atoms with E-state index >= 15 is 0 Å². The third-order valence-corrected chi connectivity index (χ3v) is 3.19. The minimum absolute atomic E-state index is 0.352. The monoisotopic (exact) mass is 267 g/mol. The summed E-state index contributed by atoms with van der Waals surface area (Å²) in [5, 5.41) is 12.6. The molecule has 0 atom stereocenters. The number of aryl methyl sites for hydroxylation is 1. The Morgan fingerprint density at radius 2 is 1.84 bits per heavy atom. The second-order valence-electron chi connectivity index (χ2n) is 5.03. The summed E-state index contributed by atoms with van der Waals surface area (Å²) < 4.78 is 13.4. The molecule has 0 amide bonds. The predicted molar refractivity (Wildman–Crippen MR) is 74.9 cm³/mol. The van der Waals surface area contributed by atoms with E-state index < -0.39 is 11.5 Å². The van der Waals surface area contributed by atoms with Gasteiger partial charge in [-0.2, -0.15) is 0 Å². The van der Waals surface area contributed by atoms with Gasteiger partial charge >= 0.3 is 5.97 Å². The first-order chi connectivity index (χ1) is 8.93. The zero-order chi connectivity index (χ0) is 14.5. The van der Waals surface area contributed by atoms with Gasteiger partial charge in [0.05, 0.1) is 0 Å². The number of anilines is 1. The molecular formula is C15H22FNO2. The minimum atomic E-state index is -1.01. The fourth-order valence-electron chi connectivity index (χ4n) is 2.46. The maximum Gasteiger partial charge on any atom is 0.329 e. The maximum absolute atomic E-state index is 13.4. The van der Waals surface area contributed by atoms with Crippen LogP contribution in [0.4, 0.5) is 10.1 Å². The van der Waals surface area contributed by atoms with Gasteiger partial charge in [0.25, 0.3) is 0 Å². The molecule has 0 bridgehead atoms. The van der Waals surface area contributed by atoms with Gasteiger partial charge in [-0.1, -0.05) is 26.7 Å². The number of rotatable bonds is 7. The first-order valence-electron chi connectivity index (χ1n) is 6.72. The number of hydrogen-bond acceptors (Lipinski definition) is 2. The molecule has 0 saturated heterocycles. The van der Waals surface area contributed by atoms with E-state index in [1.54, 1.807) is 13.0 Å². The van der Waals surface area contributed by atoms with Crippen LogP contribution in [0.25, 0.3) is 0 Å². The van der Waals surface area contributed by atoms with E-state index in [1.165, 1.54) is 12.1 Å². The van der Waals surface area contributed by atoms with Gasteiger partial charge in [-0.3, -0.25) is 0 Å². The molecule has 1 aromatic rings. The van der Waals surface area contributed by atoms with Gasteiger partial charge in [0.15, 0.2) is 0 Å². The predicted octanol–water partition coefficient (Wildman–Crippen LogP) is 3.97. The number of carboxylic acids is 1. The van der Waals surface area contributed by atoms with Crippen molar-refractivity contribution < 1.29 is 14.3 Å². The molecule has 106 valence electrons. The molecule has 3 nitrogen and oxygen atoms in total. The van der Waals surface area contributed by atoms with Crippen molar-refractivity contribution in [3.05, 3.63) is 29.6 Å². The van der Waals surface area contributed by atoms with Crippen molar-refractivity contribution in [1.29, 1.82) is 0 Å². The van der Waals surface area contributed by atoms with Crippen LogP contribution < -0.4 is 5.32 Å². The maximum atomic E-state index is 13.4. The van der Waals surface area contributed by atoms with Gasteiger partial charge in [-0.15, -0.1) is 0 Å². The Morgan fingerprint density at radius 3 is 2.26 bits per heavy atom. The first-order valence-corrected chi connectivity index (χ1v) is 6.72. The quantitative estimate of drug-likeness (QED) is 0.786. The zero-order valence-electron chi connectivity index (χ0n) is 11.8. The number of benzene rings is 1. The molecular weight excluding hydrogens is 245 g/mol. The Kier molecular flexibility index (Phi) is 5.33. The lowest BCUT2D eigenvalue weighted by Gasteiger charge is -2.31. The first kappa shape index (κ1) is 15.5. The van der Waals surface area contributed by atoms with Crippen molar-refractivity contribution in [2.45, 2.75) is 52.0 Å². The standard InChI is InChI=1S/C15H22FNO2/c1-4-6-15(7-5-2,14(18)19)17-13-9-11(3)8-12(16)10-13/h8-10,17H,4-7H2,1-3H3,(H,18,19). The van der Waals surface area contributed by atoms with E-state index in [1.807, 2.05) is 13.8 Å². The van der Waals surface area contributed by atoms with Gasteiger partial charge in [0.2, 0.25) is 0 Å². The van der Waals surface area contributed by atoms with Crippen molar-refractivity contribution in [3.63, 3.8) is 0 Å². The molecule has 0 aromatic heterocycles. The molecule has 0 heterocycles. The topological polar surface area (TPSA) is 49.3 Å². The average molecular weight is 267 g/mol. The average Bonchev–Trinajstić information content (AvgIpc) is 2.27. The summed E-state index contributed by atoms with van der Waals surface area (Å²) in [5.74, 6) is -1.23. The molecule has 0 fully saturated rings. The van der Waals surface area contributed by atoms with Crippen LogP contribution in [-0.2, 0) is 4.79 Å². The second kappa shape index (κ2) is 6.55. The smallest absolute Gasteiger partial charge is 0.329 e. The molecule has 0 aliphatic carbocycles. The number of nitrogens with one attached hydrogen (secondary N) is 1. The van der Waals surface area contributed by atoms with Crippen LogP contribution in [0.3, 0.4) is 0 Å². The lowest BCUT2D eigenvalue weighted by Crippen LogP contribution is -2.46. The lowest BCUT2D eigenvalue weighted by molar-refractivity contribution is -0.142. The number of aliphatic carboxylic acids is 1. The van der Waals surface area contributed by atoms with E-state index in [0.29, 0.717) is 18.5 Å². The van der Waals surface area contributed by atoms with Crippen molar-refractivity contribution >= 4 is 11.7 Å². The summed E-state index contributed by atoms with van der Waals surface area (Å²) in [7, 11) is 0. The molecule has 1 aromatic carbocycles. The van der Waals surface area contributed by atoms with Gasteiger partial charge in [0, 0.05) is 5.69 Å². The Bertz CT molecular complexity index is 420. The summed E-state index contributed by atoms with van der Waals surface area (Å²) in [5.41, 5.74) is 0.292. The molecule has 0 aliphatic heterocycles. The van der Waals surface area contributed by atoms with Gasteiger partial charge < -0.3 is 10.4 Å². The highest BCUT2D eigenvalue weighted by molar-refractivity contribution is 5.82. The van der Waals surface area contributed by atoms with Crippen LogP contribution >= 0.6 is 0 Å². The van der Waals surface area contributed by atoms with E-state index in [0.717, 1.165) is 18.4 Å². The fourth-order valence-corrected chi connectivity index (χ4v) is 2.46. The highest BCUT2D eigenvalue weighted by atomic mass is 19.1. The molecule has 0 aliphatic rings. The molecule has 0 spiro atoms. The lowest BCUT2D eigenvalue weighted by atomic mass is 9.88. The molecule has 1 rings (SSSR count). The van der Waals surface area contributed by atoms with Crippen molar-refractivity contribution in [3.8, 4) is 0 Å². The summed E-state index contributed by atoms with van der Waals surface area (Å²) in [6.07, 6.45) is 2.55. The Balaban J connectivity index is 3.08. The summed E-state index contributed by atoms with van der Waals surface area (Å²) in [6.45, 7) is 5.69. The van der Waals surface area contributed by atoms with E-state index in [-0.39, 0.29) is 5.82 Å². The van der Waals surface area contributed by atoms with Crippen LogP contribution in [0.2, 0.25) is 0 Å². The third kappa shape index (κ3) is 3.94. The number of halogens is 1. The largest absolute Gasteiger partial charge is 0.480 e. The Morgan fingerprint density at radius 1 is 1.26 bits per heavy atom. The summed E-state index contributed by atoms with van der Waals surface area (Å²) >= 11 is 0. The highest BCUT2D eigenvalue weighted by Crippen LogP contribution is 2.27. The molecule has 2 N–H and O–H groups in total. The highest BCUT2D eigenvalue weighted by Gasteiger charge is 2.36. The summed E-state index contributed by atoms with van der Waals surface area (Å²) in [4.78, 5) is 11.6. The fraction of sp³-hybridized carbons (Fsp3) is 0.533. The van der Waals surface area contributed by atoms with E-state index in [2.05, 4.69) is 5.32 Å². The molecule has 0 unspecified atom stereocenters. The molecule has 19 heavy (non-hydrogen) atoms. The SMILES string of the molecule is CCCC(CCC)(Nc1cc(C)cc(F)c1)C(=O)O. The van der Waals surface area contributed by atoms with Crippen LogP contribution in [0, 0.1) is 12.7 Å². The van der Waals surface area contributed by atoms with Gasteiger partial charge in [-0.25, -0.2) is 9.18 Å². The van der Waals surface area contributed by atoms with Gasteiger partial charge in [-0.05, 0) is 43.5 Å². The van der Waals surface area contributed by atoms with Crippen LogP contribution in [0.15, 0.2) is 18.2 Å².